The number of fused-ring (bicyclic) bond motifs is 1. The predicted octanol–water partition coefficient (Wildman–Crippen LogP) is 7.66. The van der Waals surface area contributed by atoms with Crippen LogP contribution >= 0.6 is 0 Å². The van der Waals surface area contributed by atoms with Gasteiger partial charge in [0.1, 0.15) is 34.9 Å². The second-order valence-corrected chi connectivity index (χ2v) is 26.4. The van der Waals surface area contributed by atoms with Crippen LogP contribution in [0.25, 0.3) is 21.9 Å². The zero-order valence-corrected chi connectivity index (χ0v) is 49.5. The number of Topliss-reactive ketones (excluding diaryl/α,β-unsaturated/α-hetero) is 1. The van der Waals surface area contributed by atoms with Crippen LogP contribution in [0.1, 0.15) is 129 Å². The Hall–Kier alpha value is -3.62. The summed E-state index contributed by atoms with van der Waals surface area (Å²) in [6, 6.07) is 18.4. The monoisotopic (exact) mass is 1120 g/mol. The molecule has 3 heterocycles. The standard InChI is InChI=1S/C64H93NO15/c1-35-27-61(6,71)58(80-60-55(68)50(65(9)10)19-20-75-60)38(4)56(36(2)39(5)78-52(32-66)63(8,72)57(69)37(3)54(35)67)77-33-48-31-62(7,74-12)53(34-76-48)79-59(70)47-16-15-43-24-44(13-14-45(43)25-47)46-17-18-51(73-11)49(26-46)64-28-40-21-41(29-64)23-42(22-40)30-64/h13-18,24-26,35-42,48,50,52-53,55-58,60,66,68-69,71-72H,19-23,27-34H2,1-12H3/t35?,36-,37-,38?,39+,40?,41?,42?,48?,50?,52-,53?,55?,56?,57+,58?,60?,61+,62?,63+,64?/m0/s1. The van der Waals surface area contributed by atoms with Crippen molar-refractivity contribution in [2.24, 2.45) is 41.4 Å². The number of carbonyl (C=O) groups is 2. The van der Waals surface area contributed by atoms with Gasteiger partial charge in [-0.25, -0.2) is 4.79 Å². The summed E-state index contributed by atoms with van der Waals surface area (Å²) in [5.41, 5.74) is -0.573. The molecule has 7 fully saturated rings. The molecule has 444 valence electrons. The van der Waals surface area contributed by atoms with Gasteiger partial charge in [0.15, 0.2) is 12.4 Å². The van der Waals surface area contributed by atoms with Gasteiger partial charge in [-0.2, -0.15) is 0 Å². The number of aliphatic hydroxyl groups excluding tert-OH is 3. The van der Waals surface area contributed by atoms with E-state index in [1.807, 2.05) is 51.9 Å². The smallest absolute Gasteiger partial charge is 0.338 e. The van der Waals surface area contributed by atoms with E-state index in [-0.39, 0.29) is 37.5 Å². The van der Waals surface area contributed by atoms with E-state index in [0.29, 0.717) is 18.6 Å². The van der Waals surface area contributed by atoms with Crippen LogP contribution in [-0.4, -0.2) is 175 Å². The molecule has 0 aromatic heterocycles. The third kappa shape index (κ3) is 12.2. The molecular formula is C64H93NO15. The average Bonchev–Trinajstić information content (AvgIpc) is 3.46. The first-order valence-corrected chi connectivity index (χ1v) is 29.6. The molecule has 3 aliphatic heterocycles. The maximum atomic E-state index is 14.1. The summed E-state index contributed by atoms with van der Waals surface area (Å²) in [5, 5.41) is 60.1. The maximum absolute atomic E-state index is 14.1. The SMILES string of the molecule is COc1ccc(-c2ccc3cc(C(=O)OC4COC(COC5C(C)C(OC6OCCC(N(C)C)C6O)[C@](C)(O)CC(C)C(=O)[C@H](C)[C@@H](O)[C@](C)(O)[C@H](CO)O[C@H](C)[C@@H]5C)CC4(C)OC)ccc3c2)cc1C12CC3CC(CC(C3)C1)C2. The van der Waals surface area contributed by atoms with Crippen LogP contribution in [0.4, 0.5) is 0 Å². The lowest BCUT2D eigenvalue weighted by Gasteiger charge is -2.57. The van der Waals surface area contributed by atoms with E-state index in [2.05, 4.69) is 36.4 Å². The Balaban J connectivity index is 0.914. The zero-order valence-electron chi connectivity index (χ0n) is 49.5. The summed E-state index contributed by atoms with van der Waals surface area (Å²) in [7, 11) is 7.11. The summed E-state index contributed by atoms with van der Waals surface area (Å²) in [6.45, 7) is 13.2. The van der Waals surface area contributed by atoms with E-state index in [9.17, 15) is 35.1 Å². The third-order valence-electron chi connectivity index (χ3n) is 20.3. The number of carbonyl (C=O) groups excluding carboxylic acids is 2. The molecular weight excluding hydrogens is 1020 g/mol. The first kappa shape index (κ1) is 61.0. The number of methoxy groups -OCH3 is 2. The molecule has 4 bridgehead atoms. The van der Waals surface area contributed by atoms with Crippen molar-refractivity contribution in [3.05, 3.63) is 65.7 Å². The van der Waals surface area contributed by atoms with Gasteiger partial charge in [0.05, 0.1) is 75.2 Å². The molecule has 5 N–H and O–H groups in total. The van der Waals surface area contributed by atoms with Gasteiger partial charge in [-0.05, 0) is 169 Å². The highest BCUT2D eigenvalue weighted by Crippen LogP contribution is 2.62. The third-order valence-corrected chi connectivity index (χ3v) is 20.3. The van der Waals surface area contributed by atoms with Gasteiger partial charge in [-0.15, -0.1) is 0 Å². The van der Waals surface area contributed by atoms with Crippen molar-refractivity contribution >= 4 is 22.5 Å². The highest BCUT2D eigenvalue weighted by atomic mass is 16.7. The molecule has 16 heteroatoms. The predicted molar refractivity (Wildman–Crippen MR) is 302 cm³/mol. The Bertz CT molecular complexity index is 2600. The molecule has 3 aromatic rings. The molecule has 4 saturated carbocycles. The van der Waals surface area contributed by atoms with E-state index in [4.69, 9.17) is 37.9 Å². The van der Waals surface area contributed by atoms with Gasteiger partial charge < -0.3 is 68.3 Å². The van der Waals surface area contributed by atoms with Crippen LogP contribution < -0.4 is 4.74 Å². The number of nitrogens with zero attached hydrogens (tertiary/aromatic N) is 1. The van der Waals surface area contributed by atoms with Crippen molar-refractivity contribution in [3.63, 3.8) is 0 Å². The molecule has 3 saturated heterocycles. The number of rotatable bonds is 13. The van der Waals surface area contributed by atoms with Crippen LogP contribution in [0.2, 0.25) is 0 Å². The fourth-order valence-corrected chi connectivity index (χ4v) is 15.8. The molecule has 80 heavy (non-hydrogen) atoms. The number of esters is 1. The second-order valence-electron chi connectivity index (χ2n) is 26.4. The van der Waals surface area contributed by atoms with Crippen molar-refractivity contribution in [2.75, 3.05) is 54.7 Å². The Labute approximate surface area is 474 Å². The molecule has 0 amide bonds. The van der Waals surface area contributed by atoms with Gasteiger partial charge in [-0.1, -0.05) is 52.0 Å². The van der Waals surface area contributed by atoms with Gasteiger partial charge in [-0.3, -0.25) is 4.79 Å². The minimum atomic E-state index is -2.05. The van der Waals surface area contributed by atoms with E-state index < -0.39 is 114 Å². The molecule has 0 radical (unpaired) electrons. The lowest BCUT2D eigenvalue weighted by molar-refractivity contribution is -0.289. The Morgan fingerprint density at radius 2 is 1.44 bits per heavy atom. The van der Waals surface area contributed by atoms with E-state index in [1.54, 1.807) is 41.1 Å². The first-order chi connectivity index (χ1) is 37.8. The lowest BCUT2D eigenvalue weighted by atomic mass is 9.48. The Morgan fingerprint density at radius 3 is 2.08 bits per heavy atom. The topological polar surface area (TPSA) is 212 Å². The van der Waals surface area contributed by atoms with Gasteiger partial charge in [0.25, 0.3) is 0 Å². The van der Waals surface area contributed by atoms with Crippen molar-refractivity contribution in [2.45, 2.75) is 197 Å². The molecule has 10 unspecified atom stereocenters. The van der Waals surface area contributed by atoms with Crippen molar-refractivity contribution < 1.29 is 73.0 Å². The fraction of sp³-hybridized carbons (Fsp3) is 0.719. The summed E-state index contributed by atoms with van der Waals surface area (Å²) in [6.07, 6.45) is -0.528. The van der Waals surface area contributed by atoms with Crippen LogP contribution in [0.5, 0.6) is 5.75 Å². The van der Waals surface area contributed by atoms with Crippen LogP contribution in [0.15, 0.2) is 54.6 Å². The molecule has 17 atom stereocenters. The molecule has 4 aliphatic carbocycles. The van der Waals surface area contributed by atoms with Crippen molar-refractivity contribution in [1.29, 1.82) is 0 Å². The summed E-state index contributed by atoms with van der Waals surface area (Å²) >= 11 is 0. The normalized spacial score (nSPS) is 41.9. The van der Waals surface area contributed by atoms with Crippen LogP contribution in [0, 0.1) is 41.4 Å². The van der Waals surface area contributed by atoms with Gasteiger partial charge in [0, 0.05) is 48.8 Å². The van der Waals surface area contributed by atoms with Crippen LogP contribution in [-0.2, 0) is 43.4 Å². The quantitative estimate of drug-likeness (QED) is 0.104. The Morgan fingerprint density at radius 1 is 0.800 bits per heavy atom. The largest absolute Gasteiger partial charge is 0.496 e. The van der Waals surface area contributed by atoms with Crippen LogP contribution in [0.3, 0.4) is 0 Å². The number of ketones is 1. The van der Waals surface area contributed by atoms with E-state index in [1.165, 1.54) is 57.9 Å². The first-order valence-electron chi connectivity index (χ1n) is 29.6. The van der Waals surface area contributed by atoms with E-state index in [0.717, 1.165) is 45.4 Å². The number of ether oxygens (including phenoxy) is 8. The van der Waals surface area contributed by atoms with Gasteiger partial charge >= 0.3 is 5.97 Å². The molecule has 10 rings (SSSR count). The maximum Gasteiger partial charge on any atom is 0.338 e. The molecule has 0 spiro atoms. The summed E-state index contributed by atoms with van der Waals surface area (Å²) in [5.74, 6) is -0.629. The minimum absolute atomic E-state index is 0.00770. The van der Waals surface area contributed by atoms with Crippen molar-refractivity contribution in [3.8, 4) is 16.9 Å². The number of hydrogen-bond acceptors (Lipinski definition) is 16. The second kappa shape index (κ2) is 24.2. The Kier molecular flexibility index (Phi) is 18.4. The lowest BCUT2D eigenvalue weighted by Crippen LogP contribution is -2.60. The van der Waals surface area contributed by atoms with Gasteiger partial charge in [0.2, 0.25) is 0 Å². The number of likely N-dealkylation sites (N-methyl/N-ethyl adjacent to an activating group) is 1. The molecule has 7 aliphatic rings. The highest BCUT2D eigenvalue weighted by Gasteiger charge is 2.54. The number of benzene rings is 3. The number of hydrogen-bond donors (Lipinski definition) is 5. The van der Waals surface area contributed by atoms with Crippen molar-refractivity contribution in [1.82, 2.24) is 4.90 Å². The highest BCUT2D eigenvalue weighted by molar-refractivity contribution is 5.96. The zero-order chi connectivity index (χ0) is 57.8. The average molecular weight is 1120 g/mol. The minimum Gasteiger partial charge on any atom is -0.496 e. The van der Waals surface area contributed by atoms with E-state index >= 15 is 0 Å². The fourth-order valence-electron chi connectivity index (χ4n) is 15.8. The summed E-state index contributed by atoms with van der Waals surface area (Å²) < 4.78 is 51.0. The summed E-state index contributed by atoms with van der Waals surface area (Å²) in [4.78, 5) is 30.0. The molecule has 3 aromatic carbocycles. The number of aliphatic hydroxyl groups is 5. The molecule has 16 nitrogen and oxygen atoms in total.